The van der Waals surface area contributed by atoms with Crippen molar-refractivity contribution in [1.82, 2.24) is 5.32 Å². The number of ether oxygens (including phenoxy) is 1. The Labute approximate surface area is 105 Å². The van der Waals surface area contributed by atoms with Crippen molar-refractivity contribution in [3.8, 4) is 5.75 Å². The van der Waals surface area contributed by atoms with E-state index in [0.717, 1.165) is 18.4 Å². The third-order valence-corrected chi connectivity index (χ3v) is 3.06. The number of carbonyl (C=O) groups excluding carboxylic acids is 1. The van der Waals surface area contributed by atoms with E-state index in [0.29, 0.717) is 5.75 Å². The summed E-state index contributed by atoms with van der Waals surface area (Å²) in [5.74, 6) is -0.875. The van der Waals surface area contributed by atoms with Crippen LogP contribution in [-0.4, -0.2) is 24.1 Å². The molecule has 0 spiro atoms. The van der Waals surface area contributed by atoms with Gasteiger partial charge in [0, 0.05) is 5.56 Å². The van der Waals surface area contributed by atoms with Gasteiger partial charge in [0.05, 0.1) is 12.6 Å². The van der Waals surface area contributed by atoms with E-state index < -0.39 is 23.8 Å². The Hall–Kier alpha value is -2.04. The molecule has 1 aromatic carbocycles. The van der Waals surface area contributed by atoms with Gasteiger partial charge in [0.25, 0.3) is 0 Å². The number of aliphatic carboxylic acids is 1. The van der Waals surface area contributed by atoms with Crippen LogP contribution in [0.5, 0.6) is 5.75 Å². The van der Waals surface area contributed by atoms with Gasteiger partial charge in [0.2, 0.25) is 5.91 Å². The smallest absolute Gasteiger partial charge is 0.312 e. The van der Waals surface area contributed by atoms with Gasteiger partial charge in [-0.1, -0.05) is 18.2 Å². The maximum absolute atomic E-state index is 11.5. The summed E-state index contributed by atoms with van der Waals surface area (Å²) in [4.78, 5) is 22.0. The fraction of sp³-hybridized carbons (Fsp3) is 0.385. The molecular formula is C13H15NO4. The van der Waals surface area contributed by atoms with E-state index in [1.807, 2.05) is 24.3 Å². The minimum atomic E-state index is -1.12. The molecule has 1 aromatic rings. The highest BCUT2D eigenvalue weighted by Crippen LogP contribution is 2.48. The van der Waals surface area contributed by atoms with Crippen molar-refractivity contribution in [2.45, 2.75) is 24.8 Å². The van der Waals surface area contributed by atoms with E-state index in [1.54, 1.807) is 7.11 Å². The number of hydrogen-bond donors (Lipinski definition) is 2. The molecule has 96 valence electrons. The SMILES string of the molecule is COc1ccccc1C1(NC(=O)CC(=O)O)CC1. The van der Waals surface area contributed by atoms with Crippen LogP contribution >= 0.6 is 0 Å². The van der Waals surface area contributed by atoms with Crippen molar-refractivity contribution < 1.29 is 19.4 Å². The summed E-state index contributed by atoms with van der Waals surface area (Å²) in [5.41, 5.74) is 0.463. The highest BCUT2D eigenvalue weighted by Gasteiger charge is 2.47. The van der Waals surface area contributed by atoms with Crippen LogP contribution in [0.15, 0.2) is 24.3 Å². The van der Waals surface area contributed by atoms with Crippen molar-refractivity contribution in [3.63, 3.8) is 0 Å². The van der Waals surface area contributed by atoms with E-state index in [-0.39, 0.29) is 0 Å². The second-order valence-electron chi connectivity index (χ2n) is 4.40. The molecule has 5 heteroatoms. The van der Waals surface area contributed by atoms with Crippen LogP contribution in [0.2, 0.25) is 0 Å². The van der Waals surface area contributed by atoms with E-state index >= 15 is 0 Å². The lowest BCUT2D eigenvalue weighted by Crippen LogP contribution is -2.36. The summed E-state index contributed by atoms with van der Waals surface area (Å²) in [6.45, 7) is 0. The number of benzene rings is 1. The molecule has 2 N–H and O–H groups in total. The van der Waals surface area contributed by atoms with Crippen LogP contribution in [0.1, 0.15) is 24.8 Å². The molecule has 0 saturated heterocycles. The number of carboxylic acids is 1. The molecule has 2 rings (SSSR count). The van der Waals surface area contributed by atoms with E-state index in [4.69, 9.17) is 9.84 Å². The number of rotatable bonds is 5. The van der Waals surface area contributed by atoms with Gasteiger partial charge in [-0.3, -0.25) is 9.59 Å². The summed E-state index contributed by atoms with van der Waals surface area (Å²) < 4.78 is 5.27. The largest absolute Gasteiger partial charge is 0.496 e. The summed E-state index contributed by atoms with van der Waals surface area (Å²) in [6.07, 6.45) is 1.11. The molecule has 0 atom stereocenters. The number of carboxylic acid groups (broad SMARTS) is 1. The van der Waals surface area contributed by atoms with Crippen LogP contribution in [-0.2, 0) is 15.1 Å². The summed E-state index contributed by atoms with van der Waals surface area (Å²) in [7, 11) is 1.58. The summed E-state index contributed by atoms with van der Waals surface area (Å²) in [6, 6.07) is 7.46. The van der Waals surface area contributed by atoms with Crippen molar-refractivity contribution in [3.05, 3.63) is 29.8 Å². The first-order valence-electron chi connectivity index (χ1n) is 5.74. The lowest BCUT2D eigenvalue weighted by atomic mass is 10.0. The zero-order valence-corrected chi connectivity index (χ0v) is 10.1. The standard InChI is InChI=1S/C13H15NO4/c1-18-10-5-3-2-4-9(10)13(6-7-13)14-11(15)8-12(16)17/h2-5H,6-8H2,1H3,(H,14,15)(H,16,17). The van der Waals surface area contributed by atoms with Crippen LogP contribution in [0.4, 0.5) is 0 Å². The van der Waals surface area contributed by atoms with E-state index in [9.17, 15) is 9.59 Å². The third kappa shape index (κ3) is 2.45. The van der Waals surface area contributed by atoms with Gasteiger partial charge in [-0.2, -0.15) is 0 Å². The first kappa shape index (κ1) is 12.4. The Balaban J connectivity index is 2.16. The molecule has 0 bridgehead atoms. The van der Waals surface area contributed by atoms with Gasteiger partial charge in [0.15, 0.2) is 0 Å². The molecule has 0 aromatic heterocycles. The van der Waals surface area contributed by atoms with Gasteiger partial charge in [-0.05, 0) is 18.9 Å². The van der Waals surface area contributed by atoms with Gasteiger partial charge in [0.1, 0.15) is 12.2 Å². The monoisotopic (exact) mass is 249 g/mol. The first-order valence-corrected chi connectivity index (χ1v) is 5.74. The number of carbonyl (C=O) groups is 2. The topological polar surface area (TPSA) is 75.6 Å². The first-order chi connectivity index (χ1) is 8.57. The number of nitrogens with one attached hydrogen (secondary N) is 1. The fourth-order valence-electron chi connectivity index (χ4n) is 2.08. The predicted molar refractivity (Wildman–Crippen MR) is 64.3 cm³/mol. The molecule has 18 heavy (non-hydrogen) atoms. The molecule has 0 aliphatic heterocycles. The Morgan fingerprint density at radius 1 is 1.39 bits per heavy atom. The molecule has 5 nitrogen and oxygen atoms in total. The van der Waals surface area contributed by atoms with Gasteiger partial charge in [-0.25, -0.2) is 0 Å². The van der Waals surface area contributed by atoms with Crippen molar-refractivity contribution in [2.24, 2.45) is 0 Å². The average Bonchev–Trinajstić information content (AvgIpc) is 3.08. The van der Waals surface area contributed by atoms with Gasteiger partial charge < -0.3 is 15.2 Å². The molecule has 1 aliphatic rings. The molecular weight excluding hydrogens is 234 g/mol. The van der Waals surface area contributed by atoms with Crippen LogP contribution in [0, 0.1) is 0 Å². The van der Waals surface area contributed by atoms with Crippen LogP contribution in [0.25, 0.3) is 0 Å². The zero-order valence-electron chi connectivity index (χ0n) is 10.1. The number of hydrogen-bond acceptors (Lipinski definition) is 3. The maximum atomic E-state index is 11.5. The Kier molecular flexibility index (Phi) is 3.23. The predicted octanol–water partition coefficient (Wildman–Crippen LogP) is 1.28. The van der Waals surface area contributed by atoms with E-state index in [1.165, 1.54) is 0 Å². The number of methoxy groups -OCH3 is 1. The molecule has 0 radical (unpaired) electrons. The quantitative estimate of drug-likeness (QED) is 0.771. The normalized spacial score (nSPS) is 15.8. The summed E-state index contributed by atoms with van der Waals surface area (Å²) >= 11 is 0. The van der Waals surface area contributed by atoms with Gasteiger partial charge in [-0.15, -0.1) is 0 Å². The van der Waals surface area contributed by atoms with Crippen LogP contribution < -0.4 is 10.1 Å². The van der Waals surface area contributed by atoms with Crippen molar-refractivity contribution in [2.75, 3.05) is 7.11 Å². The second kappa shape index (κ2) is 4.68. The Morgan fingerprint density at radius 3 is 2.61 bits per heavy atom. The molecule has 0 heterocycles. The molecule has 0 unspecified atom stereocenters. The highest BCUT2D eigenvalue weighted by atomic mass is 16.5. The molecule has 1 aliphatic carbocycles. The average molecular weight is 249 g/mol. The zero-order chi connectivity index (χ0) is 13.2. The third-order valence-electron chi connectivity index (χ3n) is 3.06. The lowest BCUT2D eigenvalue weighted by molar-refractivity contribution is -0.140. The van der Waals surface area contributed by atoms with Crippen molar-refractivity contribution in [1.29, 1.82) is 0 Å². The minimum absolute atomic E-state index is 0.445. The van der Waals surface area contributed by atoms with Crippen molar-refractivity contribution >= 4 is 11.9 Å². The minimum Gasteiger partial charge on any atom is -0.496 e. The highest BCUT2D eigenvalue weighted by molar-refractivity contribution is 5.94. The van der Waals surface area contributed by atoms with E-state index in [2.05, 4.69) is 5.32 Å². The molecule has 1 amide bonds. The number of amides is 1. The summed E-state index contributed by atoms with van der Waals surface area (Å²) in [5, 5.41) is 11.4. The molecule has 1 fully saturated rings. The fourth-order valence-corrected chi connectivity index (χ4v) is 2.08. The van der Waals surface area contributed by atoms with Crippen LogP contribution in [0.3, 0.4) is 0 Å². The number of para-hydroxylation sites is 1. The Bertz CT molecular complexity index is 480. The Morgan fingerprint density at radius 2 is 2.06 bits per heavy atom. The maximum Gasteiger partial charge on any atom is 0.312 e. The van der Waals surface area contributed by atoms with Gasteiger partial charge >= 0.3 is 5.97 Å². The second-order valence-corrected chi connectivity index (χ2v) is 4.40. The molecule has 1 saturated carbocycles. The lowest BCUT2D eigenvalue weighted by Gasteiger charge is -2.20.